The van der Waals surface area contributed by atoms with Crippen molar-refractivity contribution in [3.05, 3.63) is 0 Å². The fraction of sp³-hybridized carbons (Fsp3) is 1.00. The van der Waals surface area contributed by atoms with Crippen molar-refractivity contribution >= 4 is 0 Å². The molecule has 2 saturated heterocycles. The molecular formula is C8H14O2. The van der Waals surface area contributed by atoms with Gasteiger partial charge in [0.1, 0.15) is 0 Å². The first-order chi connectivity index (χ1) is 4.87. The molecule has 2 aliphatic heterocycles. The van der Waals surface area contributed by atoms with Crippen molar-refractivity contribution in [2.24, 2.45) is 5.92 Å². The highest BCUT2D eigenvalue weighted by Gasteiger charge is 2.47. The van der Waals surface area contributed by atoms with Crippen molar-refractivity contribution in [2.75, 3.05) is 19.8 Å². The first-order valence-electron chi connectivity index (χ1n) is 4.09. The van der Waals surface area contributed by atoms with Gasteiger partial charge in [-0.15, -0.1) is 0 Å². The molecule has 2 heterocycles. The van der Waals surface area contributed by atoms with Crippen molar-refractivity contribution in [1.82, 2.24) is 0 Å². The lowest BCUT2D eigenvalue weighted by Gasteiger charge is -2.50. The maximum absolute atomic E-state index is 5.59. The highest BCUT2D eigenvalue weighted by molar-refractivity contribution is 4.95. The van der Waals surface area contributed by atoms with E-state index in [0.29, 0.717) is 5.92 Å². The van der Waals surface area contributed by atoms with Gasteiger partial charge in [-0.1, -0.05) is 6.92 Å². The van der Waals surface area contributed by atoms with Crippen LogP contribution in [0.2, 0.25) is 0 Å². The lowest BCUT2D eigenvalue weighted by molar-refractivity contribution is -0.237. The van der Waals surface area contributed by atoms with Gasteiger partial charge in [-0.3, -0.25) is 0 Å². The Kier molecular flexibility index (Phi) is 1.46. The van der Waals surface area contributed by atoms with Crippen LogP contribution in [0.4, 0.5) is 0 Å². The molecule has 2 heteroatoms. The summed E-state index contributed by atoms with van der Waals surface area (Å²) >= 11 is 0. The van der Waals surface area contributed by atoms with Gasteiger partial charge in [0.2, 0.25) is 0 Å². The molecule has 2 rings (SSSR count). The first-order valence-corrected chi connectivity index (χ1v) is 4.09. The number of hydrogen-bond acceptors (Lipinski definition) is 2. The molecule has 1 atom stereocenters. The third-order valence-electron chi connectivity index (χ3n) is 2.90. The summed E-state index contributed by atoms with van der Waals surface area (Å²) in [5, 5.41) is 0. The van der Waals surface area contributed by atoms with Gasteiger partial charge in [-0.05, 0) is 6.42 Å². The summed E-state index contributed by atoms with van der Waals surface area (Å²) in [5.74, 6) is 0.700. The monoisotopic (exact) mass is 142 g/mol. The van der Waals surface area contributed by atoms with Gasteiger partial charge in [0.25, 0.3) is 0 Å². The third kappa shape index (κ3) is 0.722. The van der Waals surface area contributed by atoms with E-state index in [1.165, 1.54) is 6.42 Å². The average molecular weight is 142 g/mol. The maximum Gasteiger partial charge on any atom is 0.0773 e. The molecule has 0 aromatic rings. The lowest BCUT2D eigenvalue weighted by Crippen LogP contribution is -2.56. The van der Waals surface area contributed by atoms with Crippen molar-refractivity contribution in [3.63, 3.8) is 0 Å². The Labute approximate surface area is 61.5 Å². The van der Waals surface area contributed by atoms with Crippen LogP contribution < -0.4 is 0 Å². The molecule has 2 fully saturated rings. The van der Waals surface area contributed by atoms with Gasteiger partial charge in [0.15, 0.2) is 0 Å². The molecule has 0 bridgehead atoms. The predicted octanol–water partition coefficient (Wildman–Crippen LogP) is 1.20. The lowest BCUT2D eigenvalue weighted by atomic mass is 9.78. The van der Waals surface area contributed by atoms with Crippen LogP contribution >= 0.6 is 0 Å². The fourth-order valence-corrected chi connectivity index (χ4v) is 1.79. The van der Waals surface area contributed by atoms with Crippen molar-refractivity contribution < 1.29 is 9.47 Å². The van der Waals surface area contributed by atoms with E-state index in [0.717, 1.165) is 26.2 Å². The number of ether oxygens (including phenoxy) is 2. The van der Waals surface area contributed by atoms with Crippen LogP contribution in [0.1, 0.15) is 19.8 Å². The minimum Gasteiger partial charge on any atom is -0.380 e. The van der Waals surface area contributed by atoms with E-state index in [4.69, 9.17) is 9.47 Å². The van der Waals surface area contributed by atoms with Crippen LogP contribution in [0.15, 0.2) is 0 Å². The Hall–Kier alpha value is -0.0800. The Bertz CT molecular complexity index is 120. The largest absolute Gasteiger partial charge is 0.380 e. The first kappa shape index (κ1) is 6.62. The molecule has 0 amide bonds. The zero-order chi connectivity index (χ0) is 7.03. The van der Waals surface area contributed by atoms with Gasteiger partial charge in [0, 0.05) is 12.3 Å². The van der Waals surface area contributed by atoms with E-state index in [1.54, 1.807) is 0 Å². The quantitative estimate of drug-likeness (QED) is 0.576. The molecule has 0 spiro atoms. The Morgan fingerprint density at radius 3 is 2.30 bits per heavy atom. The van der Waals surface area contributed by atoms with E-state index >= 15 is 0 Å². The number of hydrogen-bond donors (Lipinski definition) is 0. The summed E-state index contributed by atoms with van der Waals surface area (Å²) in [7, 11) is 0. The second-order valence-electron chi connectivity index (χ2n) is 3.25. The van der Waals surface area contributed by atoms with E-state index < -0.39 is 0 Å². The van der Waals surface area contributed by atoms with Gasteiger partial charge < -0.3 is 9.47 Å². The van der Waals surface area contributed by atoms with Gasteiger partial charge >= 0.3 is 0 Å². The topological polar surface area (TPSA) is 18.5 Å². The van der Waals surface area contributed by atoms with Crippen LogP contribution in [0.3, 0.4) is 0 Å². The molecule has 0 N–H and O–H groups in total. The maximum atomic E-state index is 5.59. The smallest absolute Gasteiger partial charge is 0.0773 e. The highest BCUT2D eigenvalue weighted by Crippen LogP contribution is 2.40. The molecule has 0 aromatic carbocycles. The van der Waals surface area contributed by atoms with Crippen molar-refractivity contribution in [1.29, 1.82) is 0 Å². The molecular weight excluding hydrogens is 128 g/mol. The molecule has 2 nitrogen and oxygen atoms in total. The van der Waals surface area contributed by atoms with E-state index in [2.05, 4.69) is 6.92 Å². The molecule has 58 valence electrons. The SMILES string of the molecule is CCC1(C2COC2)CCO1. The molecule has 2 aliphatic rings. The average Bonchev–Trinajstić information content (AvgIpc) is 1.73. The minimum atomic E-state index is 0.234. The summed E-state index contributed by atoms with van der Waals surface area (Å²) < 4.78 is 10.7. The predicted molar refractivity (Wildman–Crippen MR) is 37.9 cm³/mol. The normalized spacial score (nSPS) is 40.5. The minimum absolute atomic E-state index is 0.234. The zero-order valence-electron chi connectivity index (χ0n) is 6.43. The van der Waals surface area contributed by atoms with Crippen molar-refractivity contribution in [2.45, 2.75) is 25.4 Å². The second kappa shape index (κ2) is 2.21. The van der Waals surface area contributed by atoms with E-state index in [1.807, 2.05) is 0 Å². The van der Waals surface area contributed by atoms with Crippen LogP contribution in [0.25, 0.3) is 0 Å². The number of rotatable bonds is 2. The van der Waals surface area contributed by atoms with Gasteiger partial charge in [0.05, 0.1) is 25.4 Å². The van der Waals surface area contributed by atoms with Crippen LogP contribution in [0, 0.1) is 5.92 Å². The van der Waals surface area contributed by atoms with E-state index in [9.17, 15) is 0 Å². The molecule has 0 radical (unpaired) electrons. The highest BCUT2D eigenvalue weighted by atomic mass is 16.5. The summed E-state index contributed by atoms with van der Waals surface area (Å²) in [4.78, 5) is 0. The van der Waals surface area contributed by atoms with E-state index in [-0.39, 0.29) is 5.60 Å². The molecule has 0 saturated carbocycles. The Balaban J connectivity index is 1.96. The Morgan fingerprint density at radius 2 is 2.20 bits per heavy atom. The summed E-state index contributed by atoms with van der Waals surface area (Å²) in [6.07, 6.45) is 2.40. The standard InChI is InChI=1S/C8H14O2/c1-2-8(3-4-10-8)7-5-9-6-7/h7H,2-6H2,1H3. The van der Waals surface area contributed by atoms with Gasteiger partial charge in [-0.25, -0.2) is 0 Å². The molecule has 0 aliphatic carbocycles. The second-order valence-corrected chi connectivity index (χ2v) is 3.25. The van der Waals surface area contributed by atoms with Crippen LogP contribution in [0.5, 0.6) is 0 Å². The molecule has 0 aromatic heterocycles. The Morgan fingerprint density at radius 1 is 1.50 bits per heavy atom. The molecule has 1 unspecified atom stereocenters. The van der Waals surface area contributed by atoms with Gasteiger partial charge in [-0.2, -0.15) is 0 Å². The van der Waals surface area contributed by atoms with Crippen LogP contribution in [-0.2, 0) is 9.47 Å². The zero-order valence-corrected chi connectivity index (χ0v) is 6.43. The summed E-state index contributed by atoms with van der Waals surface area (Å²) in [5.41, 5.74) is 0.234. The molecule has 10 heavy (non-hydrogen) atoms. The van der Waals surface area contributed by atoms with Crippen molar-refractivity contribution in [3.8, 4) is 0 Å². The third-order valence-corrected chi connectivity index (χ3v) is 2.90. The fourth-order valence-electron chi connectivity index (χ4n) is 1.79. The summed E-state index contributed by atoms with van der Waals surface area (Å²) in [6.45, 7) is 5.02. The summed E-state index contributed by atoms with van der Waals surface area (Å²) in [6, 6.07) is 0. The van der Waals surface area contributed by atoms with Crippen LogP contribution in [-0.4, -0.2) is 25.4 Å².